The molecule has 1 amide bonds. The van der Waals surface area contributed by atoms with Gasteiger partial charge in [0.15, 0.2) is 0 Å². The number of hydrogen-bond donors (Lipinski definition) is 2. The quantitative estimate of drug-likeness (QED) is 0.667. The molecule has 2 heterocycles. The monoisotopic (exact) mass is 419 g/mol. The molecule has 4 rings (SSSR count). The number of aromatic amines is 1. The Morgan fingerprint density at radius 2 is 1.96 bits per heavy atom. The Balaban J connectivity index is 1.75. The van der Waals surface area contributed by atoms with Crippen LogP contribution in [0.25, 0.3) is 10.9 Å². The lowest BCUT2D eigenvalue weighted by Gasteiger charge is -2.17. The maximum absolute atomic E-state index is 12.9. The third-order valence-corrected chi connectivity index (χ3v) is 5.75. The number of aromatic nitrogens is 1. The van der Waals surface area contributed by atoms with Crippen molar-refractivity contribution in [3.63, 3.8) is 0 Å². The topological polar surface area (TPSA) is 96.3 Å². The van der Waals surface area contributed by atoms with E-state index in [1.54, 1.807) is 17.0 Å². The van der Waals surface area contributed by atoms with Gasteiger partial charge in [-0.1, -0.05) is 28.1 Å². The van der Waals surface area contributed by atoms with Crippen molar-refractivity contribution in [3.8, 4) is 0 Å². The van der Waals surface area contributed by atoms with Gasteiger partial charge in [-0.3, -0.25) is 4.79 Å². The van der Waals surface area contributed by atoms with Gasteiger partial charge in [-0.2, -0.15) is 0 Å². The summed E-state index contributed by atoms with van der Waals surface area (Å²) in [6.45, 7) is 0.501. The lowest BCUT2D eigenvalue weighted by Crippen LogP contribution is -2.29. The molecule has 0 fully saturated rings. The molecule has 8 heteroatoms. The second-order valence-corrected chi connectivity index (χ2v) is 8.43. The Bertz CT molecular complexity index is 1120. The number of hydrogen-bond acceptors (Lipinski definition) is 3. The smallest absolute Gasteiger partial charge is 0.274 e. The van der Waals surface area contributed by atoms with Gasteiger partial charge < -0.3 is 9.88 Å². The molecule has 2 aromatic carbocycles. The second kappa shape index (κ2) is 5.69. The number of H-pyrrole nitrogens is 1. The number of primary sulfonamides is 1. The molecule has 0 saturated heterocycles. The molecule has 3 N–H and O–H groups in total. The van der Waals surface area contributed by atoms with Gasteiger partial charge in [0.1, 0.15) is 5.69 Å². The third-order valence-electron chi connectivity index (χ3n) is 4.34. The van der Waals surface area contributed by atoms with E-state index >= 15 is 0 Å². The van der Waals surface area contributed by atoms with E-state index < -0.39 is 10.0 Å². The van der Waals surface area contributed by atoms with Crippen molar-refractivity contribution in [2.45, 2.75) is 11.3 Å². The first-order valence-electron chi connectivity index (χ1n) is 7.59. The first-order valence-corrected chi connectivity index (χ1v) is 9.93. The minimum Gasteiger partial charge on any atom is -0.350 e. The molecule has 0 aliphatic carbocycles. The summed E-state index contributed by atoms with van der Waals surface area (Å²) in [5, 5.41) is 6.14. The Labute approximate surface area is 152 Å². The van der Waals surface area contributed by atoms with Crippen molar-refractivity contribution >= 4 is 48.5 Å². The number of carbonyl (C=O) groups excluding carboxylic acids is 1. The van der Waals surface area contributed by atoms with E-state index in [-0.39, 0.29) is 10.8 Å². The molecular formula is C17H14BrN3O3S. The SMILES string of the molecule is NS(=O)(=O)c1ccc2c(c1)N(C(=O)c1cc3ccc(Br)cc3[nH]1)CC2. The highest BCUT2D eigenvalue weighted by Crippen LogP contribution is 2.32. The fraction of sp³-hybridized carbons (Fsp3) is 0.118. The molecule has 0 radical (unpaired) electrons. The summed E-state index contributed by atoms with van der Waals surface area (Å²) in [5.74, 6) is -0.197. The van der Waals surface area contributed by atoms with Crippen molar-refractivity contribution in [1.82, 2.24) is 4.98 Å². The molecule has 0 bridgehead atoms. The number of benzene rings is 2. The van der Waals surface area contributed by atoms with Crippen molar-refractivity contribution in [2.75, 3.05) is 11.4 Å². The van der Waals surface area contributed by atoms with Gasteiger partial charge >= 0.3 is 0 Å². The maximum Gasteiger partial charge on any atom is 0.274 e. The number of nitrogens with zero attached hydrogens (tertiary/aromatic N) is 1. The van der Waals surface area contributed by atoms with Gasteiger partial charge in [0, 0.05) is 27.6 Å². The van der Waals surface area contributed by atoms with E-state index in [4.69, 9.17) is 5.14 Å². The molecule has 1 aliphatic rings. The first-order chi connectivity index (χ1) is 11.8. The van der Waals surface area contributed by atoms with Crippen LogP contribution in [-0.2, 0) is 16.4 Å². The average Bonchev–Trinajstić information content (AvgIpc) is 3.16. The van der Waals surface area contributed by atoms with Gasteiger partial charge in [0.2, 0.25) is 10.0 Å². The predicted octanol–water partition coefficient (Wildman–Crippen LogP) is 2.78. The molecule has 25 heavy (non-hydrogen) atoms. The number of rotatable bonds is 2. The molecule has 1 aliphatic heterocycles. The number of carbonyl (C=O) groups is 1. The van der Waals surface area contributed by atoms with Crippen LogP contribution in [0.15, 0.2) is 51.8 Å². The summed E-state index contributed by atoms with van der Waals surface area (Å²) in [6.07, 6.45) is 0.678. The number of nitrogens with two attached hydrogens (primary N) is 1. The Hall–Kier alpha value is -2.16. The zero-order valence-electron chi connectivity index (χ0n) is 13.0. The lowest BCUT2D eigenvalue weighted by molar-refractivity contribution is 0.0985. The van der Waals surface area contributed by atoms with Crippen LogP contribution in [0.1, 0.15) is 16.1 Å². The summed E-state index contributed by atoms with van der Waals surface area (Å²) < 4.78 is 24.1. The predicted molar refractivity (Wildman–Crippen MR) is 99.2 cm³/mol. The summed E-state index contributed by atoms with van der Waals surface area (Å²) in [7, 11) is -3.81. The summed E-state index contributed by atoms with van der Waals surface area (Å²) in [4.78, 5) is 17.6. The van der Waals surface area contributed by atoms with E-state index in [1.807, 2.05) is 18.2 Å². The molecule has 0 spiro atoms. The van der Waals surface area contributed by atoms with Gasteiger partial charge in [-0.25, -0.2) is 13.6 Å². The minimum atomic E-state index is -3.81. The van der Waals surface area contributed by atoms with Crippen LogP contribution in [0.2, 0.25) is 0 Å². The largest absolute Gasteiger partial charge is 0.350 e. The first kappa shape index (κ1) is 16.3. The highest BCUT2D eigenvalue weighted by molar-refractivity contribution is 9.10. The van der Waals surface area contributed by atoms with Crippen LogP contribution in [0, 0.1) is 0 Å². The van der Waals surface area contributed by atoms with Crippen molar-refractivity contribution in [3.05, 3.63) is 58.2 Å². The lowest BCUT2D eigenvalue weighted by atomic mass is 10.2. The van der Waals surface area contributed by atoms with Crippen molar-refractivity contribution in [2.24, 2.45) is 5.14 Å². The van der Waals surface area contributed by atoms with Crippen LogP contribution in [0.4, 0.5) is 5.69 Å². The van der Waals surface area contributed by atoms with E-state index in [9.17, 15) is 13.2 Å². The summed E-state index contributed by atoms with van der Waals surface area (Å²) in [6, 6.07) is 12.2. The second-order valence-electron chi connectivity index (χ2n) is 5.96. The standard InChI is InChI=1S/C17H14BrN3O3S/c18-12-3-1-11-7-15(20-14(11)8-12)17(22)21-6-5-10-2-4-13(9-16(10)21)25(19,23)24/h1-4,7-9,20H,5-6H2,(H2,19,23,24). The van der Waals surface area contributed by atoms with Gasteiger partial charge in [0.25, 0.3) is 5.91 Å². The molecule has 0 atom stereocenters. The number of anilines is 1. The molecule has 1 aromatic heterocycles. The van der Waals surface area contributed by atoms with Crippen LogP contribution in [0.5, 0.6) is 0 Å². The van der Waals surface area contributed by atoms with E-state index in [2.05, 4.69) is 20.9 Å². The average molecular weight is 420 g/mol. The Morgan fingerprint density at radius 3 is 2.72 bits per heavy atom. The number of fused-ring (bicyclic) bond motifs is 2. The Kier molecular flexibility index (Phi) is 3.71. The number of nitrogens with one attached hydrogen (secondary N) is 1. The molecule has 0 unspecified atom stereocenters. The van der Waals surface area contributed by atoms with Gasteiger partial charge in [0.05, 0.1) is 4.90 Å². The summed E-state index contributed by atoms with van der Waals surface area (Å²) in [5.41, 5.74) is 2.84. The molecule has 0 saturated carbocycles. The zero-order valence-corrected chi connectivity index (χ0v) is 15.4. The molecule has 128 valence electrons. The maximum atomic E-state index is 12.9. The highest BCUT2D eigenvalue weighted by atomic mass is 79.9. The minimum absolute atomic E-state index is 0.00604. The summed E-state index contributed by atoms with van der Waals surface area (Å²) >= 11 is 3.41. The molecule has 3 aromatic rings. The highest BCUT2D eigenvalue weighted by Gasteiger charge is 2.28. The van der Waals surface area contributed by atoms with Crippen LogP contribution >= 0.6 is 15.9 Å². The van der Waals surface area contributed by atoms with Crippen LogP contribution in [-0.4, -0.2) is 25.9 Å². The third kappa shape index (κ3) is 2.86. The fourth-order valence-corrected chi connectivity index (χ4v) is 4.00. The zero-order chi connectivity index (χ0) is 17.8. The van der Waals surface area contributed by atoms with Crippen LogP contribution in [0.3, 0.4) is 0 Å². The van der Waals surface area contributed by atoms with Gasteiger partial charge in [-0.15, -0.1) is 0 Å². The van der Waals surface area contributed by atoms with Gasteiger partial charge in [-0.05, 0) is 42.3 Å². The Morgan fingerprint density at radius 1 is 1.16 bits per heavy atom. The van der Waals surface area contributed by atoms with Crippen LogP contribution < -0.4 is 10.0 Å². The van der Waals surface area contributed by atoms with E-state index in [0.717, 1.165) is 20.9 Å². The number of sulfonamides is 1. The fourth-order valence-electron chi connectivity index (χ4n) is 3.11. The number of amides is 1. The number of halogens is 1. The molecular weight excluding hydrogens is 406 g/mol. The molecule has 6 nitrogen and oxygen atoms in total. The van der Waals surface area contributed by atoms with Crippen molar-refractivity contribution in [1.29, 1.82) is 0 Å². The van der Waals surface area contributed by atoms with E-state index in [1.165, 1.54) is 12.1 Å². The van der Waals surface area contributed by atoms with E-state index in [0.29, 0.717) is 24.3 Å². The van der Waals surface area contributed by atoms with Crippen molar-refractivity contribution < 1.29 is 13.2 Å². The normalized spacial score (nSPS) is 14.1.